The van der Waals surface area contributed by atoms with Crippen molar-refractivity contribution in [3.8, 4) is 22.3 Å². The second-order valence-electron chi connectivity index (χ2n) is 11.0. The summed E-state index contributed by atoms with van der Waals surface area (Å²) in [5.41, 5.74) is 11.0. The van der Waals surface area contributed by atoms with Gasteiger partial charge >= 0.3 is 0 Å². The fourth-order valence-corrected chi connectivity index (χ4v) is 5.96. The quantitative estimate of drug-likeness (QED) is 0.186. The largest absolute Gasteiger partial charge is 0.373 e. The van der Waals surface area contributed by atoms with E-state index in [9.17, 15) is 0 Å². The zero-order valence-electron chi connectivity index (χ0n) is 26.7. The average molecular weight is 598 g/mol. The number of nitrogens with one attached hydrogen (secondary N) is 1. The van der Waals surface area contributed by atoms with Crippen molar-refractivity contribution in [3.05, 3.63) is 181 Å². The molecule has 1 N–H and O–H groups in total. The van der Waals surface area contributed by atoms with Crippen molar-refractivity contribution in [1.29, 1.82) is 0 Å². The van der Waals surface area contributed by atoms with Crippen LogP contribution in [0.2, 0.25) is 0 Å². The van der Waals surface area contributed by atoms with E-state index in [0.717, 1.165) is 33.7 Å². The van der Waals surface area contributed by atoms with E-state index in [2.05, 4.69) is 132 Å². The first-order valence-electron chi connectivity index (χ1n) is 16.0. The van der Waals surface area contributed by atoms with Gasteiger partial charge in [0, 0.05) is 28.4 Å². The molecule has 0 aliphatic carbocycles. The number of hydrogen-bond donors (Lipinski definition) is 1. The normalized spacial score (nSPS) is 14.5. The summed E-state index contributed by atoms with van der Waals surface area (Å²) in [6.07, 6.45) is 14.4. The summed E-state index contributed by atoms with van der Waals surface area (Å²) in [5, 5.41) is 6.11. The number of aromatic nitrogens is 2. The molecule has 3 heteroatoms. The smallest absolute Gasteiger partial charge is 0.0893 e. The highest BCUT2D eigenvalue weighted by atomic mass is 15.0. The maximum absolute atomic E-state index is 4.70. The lowest BCUT2D eigenvalue weighted by atomic mass is 10.0. The number of rotatable bonds is 7. The fraction of sp³-hybridized carbons (Fsp3) is 0.0930. The van der Waals surface area contributed by atoms with Crippen molar-refractivity contribution in [3.63, 3.8) is 0 Å². The van der Waals surface area contributed by atoms with Crippen LogP contribution in [0.1, 0.15) is 32.5 Å². The summed E-state index contributed by atoms with van der Waals surface area (Å²) < 4.78 is 2.38. The van der Waals surface area contributed by atoms with Gasteiger partial charge in [0.2, 0.25) is 0 Å². The van der Waals surface area contributed by atoms with Crippen LogP contribution in [0.3, 0.4) is 0 Å². The Kier molecular flexibility index (Phi) is 9.22. The lowest BCUT2D eigenvalue weighted by Gasteiger charge is -2.26. The Bertz CT molecular complexity index is 2000. The molecule has 7 rings (SSSR count). The molecule has 0 radical (unpaired) electrons. The van der Waals surface area contributed by atoms with Gasteiger partial charge in [-0.1, -0.05) is 124 Å². The van der Waals surface area contributed by atoms with Crippen LogP contribution in [0.25, 0.3) is 49.8 Å². The van der Waals surface area contributed by atoms with Gasteiger partial charge in [0.05, 0.1) is 22.8 Å². The van der Waals surface area contributed by atoms with Gasteiger partial charge in [-0.2, -0.15) is 0 Å². The molecule has 6 aromatic rings. The number of hydrogen-bond acceptors (Lipinski definition) is 2. The molecule has 1 atom stereocenters. The number of nitrogens with zero attached hydrogens (tertiary/aromatic N) is 2. The summed E-state index contributed by atoms with van der Waals surface area (Å²) in [6, 6.07) is 40.8. The van der Waals surface area contributed by atoms with Gasteiger partial charge < -0.3 is 9.88 Å². The minimum absolute atomic E-state index is 0.113. The van der Waals surface area contributed by atoms with E-state index >= 15 is 0 Å². The zero-order chi connectivity index (χ0) is 31.9. The van der Waals surface area contributed by atoms with Gasteiger partial charge in [-0.05, 0) is 83.3 Å². The molecule has 0 spiro atoms. The molecule has 4 aromatic carbocycles. The molecule has 46 heavy (non-hydrogen) atoms. The van der Waals surface area contributed by atoms with Crippen molar-refractivity contribution in [2.24, 2.45) is 0 Å². The van der Waals surface area contributed by atoms with Gasteiger partial charge in [0.15, 0.2) is 0 Å². The summed E-state index contributed by atoms with van der Waals surface area (Å²) in [4.78, 5) is 4.70. The molecule has 3 nitrogen and oxygen atoms in total. The molecule has 2 aromatic heterocycles. The molecule has 1 aliphatic heterocycles. The number of dihydropyridines is 1. The molecular weight excluding hydrogens is 558 g/mol. The van der Waals surface area contributed by atoms with Gasteiger partial charge in [-0.15, -0.1) is 0 Å². The monoisotopic (exact) mass is 597 g/mol. The Morgan fingerprint density at radius 1 is 0.717 bits per heavy atom. The van der Waals surface area contributed by atoms with E-state index in [0.29, 0.717) is 0 Å². The molecule has 0 fully saturated rings. The highest BCUT2D eigenvalue weighted by Gasteiger charge is 2.22. The van der Waals surface area contributed by atoms with Gasteiger partial charge in [-0.25, -0.2) is 0 Å². The molecule has 0 saturated carbocycles. The van der Waals surface area contributed by atoms with Crippen LogP contribution in [-0.2, 0) is 0 Å². The summed E-state index contributed by atoms with van der Waals surface area (Å²) in [5.74, 6) is 0. The van der Waals surface area contributed by atoms with Crippen molar-refractivity contribution >= 4 is 27.5 Å². The Morgan fingerprint density at radius 3 is 1.85 bits per heavy atom. The van der Waals surface area contributed by atoms with Crippen LogP contribution in [-0.4, -0.2) is 9.55 Å². The number of allylic oxidation sites excluding steroid dienone is 6. The van der Waals surface area contributed by atoms with Crippen LogP contribution in [0.5, 0.6) is 0 Å². The topological polar surface area (TPSA) is 29.9 Å². The standard InChI is InChI=1S/C41H33N3.C2H6/c1-3-4-7-14-29(2)38-27-34(28-39(43-38)37-19-12-13-24-42-37)44-40-22-20-32(30-15-8-5-9-16-30)25-35(40)36-26-33(21-23-41(36)44)31-17-10-6-11-18-31;1-2/h3-28,39,43H,2H2,1H3;1-2H3/b4-3-,14-7-;. The molecule has 0 bridgehead atoms. The summed E-state index contributed by atoms with van der Waals surface area (Å²) in [6.45, 7) is 10.4. The lowest BCUT2D eigenvalue weighted by molar-refractivity contribution is 0.692. The van der Waals surface area contributed by atoms with E-state index in [-0.39, 0.29) is 6.04 Å². The Balaban J connectivity index is 0.00000182. The highest BCUT2D eigenvalue weighted by Crippen LogP contribution is 2.39. The van der Waals surface area contributed by atoms with E-state index < -0.39 is 0 Å². The summed E-state index contributed by atoms with van der Waals surface area (Å²) in [7, 11) is 0. The van der Waals surface area contributed by atoms with E-state index in [4.69, 9.17) is 4.98 Å². The SMILES string of the molecule is C=C(/C=C\C=C/C)C1=CC(n2c3ccc(-c4ccccc4)cc3c3cc(-c4ccccc4)ccc32)=CC(c2ccccn2)N1.CC. The first-order valence-corrected chi connectivity index (χ1v) is 16.0. The van der Waals surface area contributed by atoms with Crippen LogP contribution < -0.4 is 5.32 Å². The first kappa shape index (κ1) is 30.4. The molecular formula is C43H39N3. The maximum atomic E-state index is 4.70. The molecule has 3 heterocycles. The van der Waals surface area contributed by atoms with Gasteiger partial charge in [-0.3, -0.25) is 4.98 Å². The fourth-order valence-electron chi connectivity index (χ4n) is 5.96. The number of benzene rings is 4. The minimum atomic E-state index is -0.113. The van der Waals surface area contributed by atoms with Crippen molar-refractivity contribution in [1.82, 2.24) is 14.9 Å². The van der Waals surface area contributed by atoms with E-state index in [1.165, 1.54) is 33.0 Å². The number of fused-ring (bicyclic) bond motifs is 3. The molecule has 1 aliphatic rings. The van der Waals surface area contributed by atoms with Gasteiger partial charge in [0.1, 0.15) is 0 Å². The molecule has 226 valence electrons. The third-order valence-electron chi connectivity index (χ3n) is 8.13. The van der Waals surface area contributed by atoms with Crippen molar-refractivity contribution in [2.45, 2.75) is 26.8 Å². The van der Waals surface area contributed by atoms with Crippen LogP contribution >= 0.6 is 0 Å². The Labute approximate surface area is 272 Å². The molecule has 0 amide bonds. The predicted molar refractivity (Wildman–Crippen MR) is 197 cm³/mol. The second-order valence-corrected chi connectivity index (χ2v) is 11.0. The lowest BCUT2D eigenvalue weighted by Crippen LogP contribution is -2.24. The average Bonchev–Trinajstić information content (AvgIpc) is 3.46. The van der Waals surface area contributed by atoms with E-state index in [1.807, 2.05) is 63.4 Å². The van der Waals surface area contributed by atoms with Crippen LogP contribution in [0, 0.1) is 0 Å². The Hall–Kier alpha value is -5.67. The molecule has 1 unspecified atom stereocenters. The third-order valence-corrected chi connectivity index (χ3v) is 8.13. The third kappa shape index (κ3) is 6.13. The highest BCUT2D eigenvalue weighted by molar-refractivity contribution is 6.12. The van der Waals surface area contributed by atoms with Crippen molar-refractivity contribution in [2.75, 3.05) is 0 Å². The van der Waals surface area contributed by atoms with E-state index in [1.54, 1.807) is 0 Å². The predicted octanol–water partition coefficient (Wildman–Crippen LogP) is 11.3. The van der Waals surface area contributed by atoms with Crippen LogP contribution in [0.4, 0.5) is 0 Å². The minimum Gasteiger partial charge on any atom is -0.373 e. The number of pyridine rings is 1. The zero-order valence-corrected chi connectivity index (χ0v) is 26.7. The van der Waals surface area contributed by atoms with Crippen molar-refractivity contribution < 1.29 is 0 Å². The summed E-state index contributed by atoms with van der Waals surface area (Å²) >= 11 is 0. The first-order chi connectivity index (χ1) is 22.7. The van der Waals surface area contributed by atoms with Crippen LogP contribution in [0.15, 0.2) is 176 Å². The van der Waals surface area contributed by atoms with Gasteiger partial charge in [0.25, 0.3) is 0 Å². The Morgan fingerprint density at radius 2 is 1.30 bits per heavy atom. The molecule has 0 saturated heterocycles. The second kappa shape index (κ2) is 14.0. The maximum Gasteiger partial charge on any atom is 0.0893 e.